The van der Waals surface area contributed by atoms with E-state index < -0.39 is 35.3 Å². The maximum Gasteiger partial charge on any atom is 0.434 e. The maximum atomic E-state index is 13.4. The second-order valence-corrected chi connectivity index (χ2v) is 6.16. The molecule has 6 nitrogen and oxygen atoms in total. The molecule has 1 N–H and O–H groups in total. The van der Waals surface area contributed by atoms with Crippen molar-refractivity contribution in [1.29, 1.82) is 5.26 Å². The molecule has 132 valence electrons. The number of esters is 1. The Hall–Kier alpha value is -3.15. The lowest BCUT2D eigenvalue weighted by atomic mass is 9.76. The third kappa shape index (κ3) is 2.29. The molecule has 4 rings (SSSR count). The summed E-state index contributed by atoms with van der Waals surface area (Å²) in [6.45, 7) is 1.48. The van der Waals surface area contributed by atoms with E-state index in [1.807, 2.05) is 0 Å². The zero-order chi connectivity index (χ0) is 18.6. The van der Waals surface area contributed by atoms with Gasteiger partial charge in [0.2, 0.25) is 0 Å². The first kappa shape index (κ1) is 16.3. The first-order valence-electron chi connectivity index (χ1n) is 7.71. The molecule has 26 heavy (non-hydrogen) atoms. The number of nitrogens with one attached hydrogen (secondary N) is 1. The Morgan fingerprint density at radius 1 is 1.35 bits per heavy atom. The topological polar surface area (TPSA) is 91.1 Å². The fourth-order valence-electron chi connectivity index (χ4n) is 3.46. The number of nitriles is 1. The number of benzene rings is 1. The van der Waals surface area contributed by atoms with E-state index >= 15 is 0 Å². The predicted octanol–water partition coefficient (Wildman–Crippen LogP) is 2.92. The molecular weight excluding hydrogens is 349 g/mol. The second kappa shape index (κ2) is 5.42. The van der Waals surface area contributed by atoms with E-state index in [2.05, 4.69) is 15.2 Å². The molecule has 1 aromatic carbocycles. The molecule has 2 aromatic rings. The molecule has 2 atom stereocenters. The number of hydrogen-bond donors (Lipinski definition) is 1. The van der Waals surface area contributed by atoms with Crippen molar-refractivity contribution in [3.8, 4) is 6.07 Å². The smallest absolute Gasteiger partial charge is 0.434 e. The van der Waals surface area contributed by atoms with Gasteiger partial charge in [0.25, 0.3) is 0 Å². The van der Waals surface area contributed by atoms with Crippen LogP contribution in [0.15, 0.2) is 34.5 Å². The van der Waals surface area contributed by atoms with E-state index in [1.54, 1.807) is 31.2 Å². The molecule has 3 heterocycles. The van der Waals surface area contributed by atoms with E-state index in [9.17, 15) is 23.2 Å². The molecule has 9 heteroatoms. The number of hydrogen-bond acceptors (Lipinski definition) is 5. The molecule has 2 unspecified atom stereocenters. The summed E-state index contributed by atoms with van der Waals surface area (Å²) >= 11 is 0. The fraction of sp³-hybridized carbons (Fsp3) is 0.294. The van der Waals surface area contributed by atoms with Crippen molar-refractivity contribution in [2.45, 2.75) is 19.0 Å². The Kier molecular flexibility index (Phi) is 3.41. The number of aryl methyl sites for hydroxylation is 1. The summed E-state index contributed by atoms with van der Waals surface area (Å²) in [5.41, 5.74) is -0.0568. The number of allylic oxidation sites excluding steroid dienone is 2. The Morgan fingerprint density at radius 3 is 2.81 bits per heavy atom. The molecule has 1 saturated heterocycles. The number of halogens is 3. The van der Waals surface area contributed by atoms with E-state index in [1.165, 1.54) is 0 Å². The van der Waals surface area contributed by atoms with Gasteiger partial charge in [0, 0.05) is 17.0 Å². The Bertz CT molecular complexity index is 1040. The summed E-state index contributed by atoms with van der Waals surface area (Å²) < 4.78 is 45.2. The number of aromatic nitrogens is 2. The normalized spacial score (nSPS) is 22.9. The monoisotopic (exact) mass is 360 g/mol. The number of rotatable bonds is 1. The lowest BCUT2D eigenvalue weighted by Gasteiger charge is -2.27. The summed E-state index contributed by atoms with van der Waals surface area (Å²) in [4.78, 5) is 15.7. The van der Waals surface area contributed by atoms with E-state index in [-0.39, 0.29) is 12.3 Å². The highest BCUT2D eigenvalue weighted by Gasteiger charge is 2.50. The summed E-state index contributed by atoms with van der Waals surface area (Å²) in [7, 11) is 0. The highest BCUT2D eigenvalue weighted by molar-refractivity contribution is 6.10. The van der Waals surface area contributed by atoms with E-state index in [0.29, 0.717) is 16.5 Å². The minimum Gasteiger partial charge on any atom is -0.459 e. The van der Waals surface area contributed by atoms with Crippen LogP contribution in [-0.2, 0) is 9.53 Å². The lowest BCUT2D eigenvalue weighted by molar-refractivity contribution is -0.141. The summed E-state index contributed by atoms with van der Waals surface area (Å²) in [6, 6.07) is 6.49. The highest BCUT2D eigenvalue weighted by atomic mass is 19.4. The third-order valence-electron chi connectivity index (χ3n) is 4.65. The molecule has 0 bridgehead atoms. The molecule has 0 aliphatic carbocycles. The van der Waals surface area contributed by atoms with Crippen molar-refractivity contribution in [3.63, 3.8) is 0 Å². The Morgan fingerprint density at radius 2 is 2.12 bits per heavy atom. The SMILES string of the molecule is Cc1[nH]nc2ccc(C3C(C#N)=C(C(F)(F)F)N=C4COC(=O)C43)cc12. The number of ether oxygens (including phenoxy) is 1. The first-order valence-corrected chi connectivity index (χ1v) is 7.71. The second-order valence-electron chi connectivity index (χ2n) is 6.16. The van der Waals surface area contributed by atoms with Crippen LogP contribution in [-0.4, -0.2) is 34.7 Å². The minimum atomic E-state index is -4.80. The Balaban J connectivity index is 1.97. The molecule has 0 radical (unpaired) electrons. The van der Waals surface area contributed by atoms with E-state index in [4.69, 9.17) is 4.74 Å². The van der Waals surface area contributed by atoms with Crippen LogP contribution < -0.4 is 0 Å². The number of H-pyrrole nitrogens is 1. The average Bonchev–Trinajstić information content (AvgIpc) is 3.15. The van der Waals surface area contributed by atoms with Gasteiger partial charge in [0.05, 0.1) is 22.9 Å². The van der Waals surface area contributed by atoms with Crippen LogP contribution >= 0.6 is 0 Å². The molecule has 0 spiro atoms. The van der Waals surface area contributed by atoms with Crippen molar-refractivity contribution in [2.24, 2.45) is 10.9 Å². The molecule has 0 saturated carbocycles. The Labute approximate surface area is 145 Å². The number of carbonyl (C=O) groups excluding carboxylic acids is 1. The fourth-order valence-corrected chi connectivity index (χ4v) is 3.46. The largest absolute Gasteiger partial charge is 0.459 e. The average molecular weight is 360 g/mol. The predicted molar refractivity (Wildman–Crippen MR) is 84.1 cm³/mol. The van der Waals surface area contributed by atoms with Crippen LogP contribution in [0.25, 0.3) is 10.9 Å². The number of aliphatic imine (C=N–C) groups is 1. The molecule has 2 aliphatic heterocycles. The van der Waals surface area contributed by atoms with Crippen LogP contribution in [0.5, 0.6) is 0 Å². The molecular formula is C17H11F3N4O2. The van der Waals surface area contributed by atoms with Gasteiger partial charge in [0.15, 0.2) is 5.70 Å². The number of nitrogens with zero attached hydrogens (tertiary/aromatic N) is 3. The van der Waals surface area contributed by atoms with Crippen molar-refractivity contribution in [3.05, 3.63) is 40.7 Å². The van der Waals surface area contributed by atoms with Gasteiger partial charge in [-0.1, -0.05) is 6.07 Å². The van der Waals surface area contributed by atoms with Crippen LogP contribution in [0.2, 0.25) is 0 Å². The van der Waals surface area contributed by atoms with Gasteiger partial charge in [-0.25, -0.2) is 4.99 Å². The molecule has 1 aromatic heterocycles. The van der Waals surface area contributed by atoms with Gasteiger partial charge < -0.3 is 4.74 Å². The lowest BCUT2D eigenvalue weighted by Crippen LogP contribution is -2.32. The molecule has 1 fully saturated rings. The van der Waals surface area contributed by atoms with Crippen LogP contribution in [0.4, 0.5) is 13.2 Å². The first-order chi connectivity index (χ1) is 12.3. The van der Waals surface area contributed by atoms with Crippen molar-refractivity contribution in [1.82, 2.24) is 10.2 Å². The van der Waals surface area contributed by atoms with Crippen LogP contribution in [0, 0.1) is 24.2 Å². The number of carbonyl (C=O) groups is 1. The van der Waals surface area contributed by atoms with Gasteiger partial charge in [0.1, 0.15) is 12.5 Å². The highest BCUT2D eigenvalue weighted by Crippen LogP contribution is 2.45. The van der Waals surface area contributed by atoms with Gasteiger partial charge in [-0.3, -0.25) is 9.89 Å². The number of alkyl halides is 3. The quantitative estimate of drug-likeness (QED) is 0.792. The van der Waals surface area contributed by atoms with Crippen LogP contribution in [0.1, 0.15) is 17.2 Å². The molecule has 2 aliphatic rings. The zero-order valence-electron chi connectivity index (χ0n) is 13.4. The number of cyclic esters (lactones) is 1. The van der Waals surface area contributed by atoms with Crippen molar-refractivity contribution in [2.75, 3.05) is 6.61 Å². The summed E-state index contributed by atoms with van der Waals surface area (Å²) in [5, 5.41) is 17.0. The minimum absolute atomic E-state index is 0.00432. The standard InChI is InChI=1S/C17H11F3N4O2/c1-7-9-4-8(2-3-11(9)24-23-7)13-10(5-21)15(17(18,19)20)22-12-6-26-16(25)14(12)13/h2-4,13-14H,6H2,1H3,(H,23,24). The van der Waals surface area contributed by atoms with Gasteiger partial charge in [-0.2, -0.15) is 23.5 Å². The maximum absolute atomic E-state index is 13.4. The van der Waals surface area contributed by atoms with Crippen molar-refractivity contribution >= 4 is 22.6 Å². The summed E-state index contributed by atoms with van der Waals surface area (Å²) in [6.07, 6.45) is -4.80. The third-order valence-corrected chi connectivity index (χ3v) is 4.65. The van der Waals surface area contributed by atoms with E-state index in [0.717, 1.165) is 5.69 Å². The van der Waals surface area contributed by atoms with Gasteiger partial charge in [-0.15, -0.1) is 0 Å². The number of fused-ring (bicyclic) bond motifs is 2. The zero-order valence-corrected chi connectivity index (χ0v) is 13.4. The molecule has 0 amide bonds. The van der Waals surface area contributed by atoms with Crippen LogP contribution in [0.3, 0.4) is 0 Å². The van der Waals surface area contributed by atoms with Crippen molar-refractivity contribution < 1.29 is 22.7 Å². The van der Waals surface area contributed by atoms with Gasteiger partial charge in [-0.05, 0) is 24.6 Å². The summed E-state index contributed by atoms with van der Waals surface area (Å²) in [5.74, 6) is -2.80. The number of aromatic amines is 1. The van der Waals surface area contributed by atoms with Gasteiger partial charge >= 0.3 is 12.1 Å².